The molecule has 0 bridgehead atoms. The first-order valence-electron chi connectivity index (χ1n) is 8.26. The van der Waals surface area contributed by atoms with Gasteiger partial charge in [0.2, 0.25) is 0 Å². The number of amides is 1. The van der Waals surface area contributed by atoms with E-state index in [0.29, 0.717) is 22.8 Å². The van der Waals surface area contributed by atoms with Crippen molar-refractivity contribution in [3.05, 3.63) is 59.8 Å². The fourth-order valence-electron chi connectivity index (χ4n) is 3.02. The molecule has 1 amide bonds. The minimum Gasteiger partial charge on any atom is -0.493 e. The summed E-state index contributed by atoms with van der Waals surface area (Å²) in [5.74, 6) is -0.513. The molecule has 3 rings (SSSR count). The highest BCUT2D eigenvalue weighted by molar-refractivity contribution is 6.01. The van der Waals surface area contributed by atoms with Crippen molar-refractivity contribution in [2.75, 3.05) is 14.2 Å². The fourth-order valence-corrected chi connectivity index (χ4v) is 3.02. The summed E-state index contributed by atoms with van der Waals surface area (Å²) in [5.41, 5.74) is 1.60. The normalized spacial score (nSPS) is 11.8. The number of carboxylic acid groups (broad SMARTS) is 1. The number of carboxylic acids is 1. The number of nitrogens with one attached hydrogen (secondary N) is 1. The zero-order valence-electron chi connectivity index (χ0n) is 15.2. The summed E-state index contributed by atoms with van der Waals surface area (Å²) < 4.78 is 12.3. The average molecular weight is 368 g/mol. The third-order valence-electron chi connectivity index (χ3n) is 4.44. The van der Waals surface area contributed by atoms with E-state index in [9.17, 15) is 14.7 Å². The highest BCUT2D eigenvalue weighted by Crippen LogP contribution is 2.33. The molecule has 0 spiro atoms. The van der Waals surface area contributed by atoms with Crippen LogP contribution in [0.25, 0.3) is 10.9 Å². The first kappa shape index (κ1) is 18.3. The van der Waals surface area contributed by atoms with Crippen LogP contribution >= 0.6 is 0 Å². The zero-order valence-corrected chi connectivity index (χ0v) is 15.2. The van der Waals surface area contributed by atoms with E-state index >= 15 is 0 Å². The lowest BCUT2D eigenvalue weighted by molar-refractivity contribution is -0.139. The van der Waals surface area contributed by atoms with Gasteiger partial charge in [-0.05, 0) is 17.7 Å². The van der Waals surface area contributed by atoms with Crippen LogP contribution in [0.1, 0.15) is 22.1 Å². The second kappa shape index (κ2) is 7.41. The van der Waals surface area contributed by atoms with Gasteiger partial charge in [-0.1, -0.05) is 30.3 Å². The minimum absolute atomic E-state index is 0.336. The monoisotopic (exact) mass is 368 g/mol. The van der Waals surface area contributed by atoms with Crippen molar-refractivity contribution < 1.29 is 24.2 Å². The Morgan fingerprint density at radius 3 is 2.26 bits per heavy atom. The minimum atomic E-state index is -1.14. The smallest absolute Gasteiger partial charge is 0.330 e. The maximum Gasteiger partial charge on any atom is 0.330 e. The molecule has 1 atom stereocenters. The predicted molar refractivity (Wildman–Crippen MR) is 100 cm³/mol. The topological polar surface area (TPSA) is 89.8 Å². The molecule has 1 heterocycles. The molecule has 0 fully saturated rings. The average Bonchev–Trinajstić information content (AvgIpc) is 3.01. The van der Waals surface area contributed by atoms with Gasteiger partial charge in [0, 0.05) is 18.5 Å². The molecule has 140 valence electrons. The lowest BCUT2D eigenvalue weighted by Gasteiger charge is -2.15. The Morgan fingerprint density at radius 2 is 1.67 bits per heavy atom. The molecular weight excluding hydrogens is 348 g/mol. The van der Waals surface area contributed by atoms with Crippen LogP contribution in [0.15, 0.2) is 48.5 Å². The lowest BCUT2D eigenvalue weighted by atomic mass is 10.1. The fraction of sp³-hybridized carbons (Fsp3) is 0.200. The van der Waals surface area contributed by atoms with Gasteiger partial charge in [-0.15, -0.1) is 0 Å². The Bertz CT molecular complexity index is 995. The van der Waals surface area contributed by atoms with Crippen LogP contribution in [-0.4, -0.2) is 35.8 Å². The molecule has 27 heavy (non-hydrogen) atoms. The number of rotatable bonds is 6. The van der Waals surface area contributed by atoms with E-state index in [-0.39, 0.29) is 0 Å². The summed E-state index contributed by atoms with van der Waals surface area (Å²) in [6.07, 6.45) is 0. The highest BCUT2D eigenvalue weighted by atomic mass is 16.5. The van der Waals surface area contributed by atoms with Crippen LogP contribution in [0.5, 0.6) is 11.5 Å². The quantitative estimate of drug-likeness (QED) is 0.698. The number of ether oxygens (including phenoxy) is 2. The standard InChI is InChI=1S/C20H20N2O5/c1-22-14-11-17(27-3)16(26-2)10-13(14)9-15(22)19(23)21-18(20(24)25)12-7-5-4-6-8-12/h4-11,18H,1-3H3,(H,21,23)(H,24,25). The zero-order chi connectivity index (χ0) is 19.6. The SMILES string of the molecule is COc1cc2cc(C(=O)NC(C(=O)O)c3ccccc3)n(C)c2cc1OC. The van der Waals surface area contributed by atoms with Crippen LogP contribution in [0.2, 0.25) is 0 Å². The number of benzene rings is 2. The summed E-state index contributed by atoms with van der Waals surface area (Å²) in [7, 11) is 4.82. The van der Waals surface area contributed by atoms with Crippen molar-refractivity contribution in [3.8, 4) is 11.5 Å². The van der Waals surface area contributed by atoms with Crippen LogP contribution < -0.4 is 14.8 Å². The predicted octanol–water partition coefficient (Wildman–Crippen LogP) is 2.75. The van der Waals surface area contributed by atoms with Crippen molar-refractivity contribution in [1.82, 2.24) is 9.88 Å². The van der Waals surface area contributed by atoms with E-state index in [2.05, 4.69) is 5.32 Å². The number of carbonyl (C=O) groups excluding carboxylic acids is 1. The first-order chi connectivity index (χ1) is 13.0. The maximum atomic E-state index is 12.8. The Kier molecular flexibility index (Phi) is 5.03. The van der Waals surface area contributed by atoms with Gasteiger partial charge in [0.05, 0.1) is 19.7 Å². The maximum absolute atomic E-state index is 12.8. The van der Waals surface area contributed by atoms with E-state index in [1.165, 1.54) is 14.2 Å². The van der Waals surface area contributed by atoms with Gasteiger partial charge in [-0.2, -0.15) is 0 Å². The van der Waals surface area contributed by atoms with Crippen molar-refractivity contribution in [3.63, 3.8) is 0 Å². The van der Waals surface area contributed by atoms with E-state index in [0.717, 1.165) is 10.9 Å². The number of aliphatic carboxylic acids is 1. The van der Waals surface area contributed by atoms with Crippen LogP contribution in [-0.2, 0) is 11.8 Å². The van der Waals surface area contributed by atoms with Crippen molar-refractivity contribution in [2.24, 2.45) is 7.05 Å². The Labute approximate surface area is 156 Å². The molecule has 1 unspecified atom stereocenters. The highest BCUT2D eigenvalue weighted by Gasteiger charge is 2.24. The molecule has 7 nitrogen and oxygen atoms in total. The molecular formula is C20H20N2O5. The Morgan fingerprint density at radius 1 is 1.04 bits per heavy atom. The largest absolute Gasteiger partial charge is 0.493 e. The molecule has 0 aliphatic carbocycles. The van der Waals surface area contributed by atoms with Gasteiger partial charge in [-0.3, -0.25) is 4.79 Å². The van der Waals surface area contributed by atoms with Gasteiger partial charge in [0.1, 0.15) is 5.69 Å². The van der Waals surface area contributed by atoms with Gasteiger partial charge < -0.3 is 24.5 Å². The van der Waals surface area contributed by atoms with E-state index in [1.54, 1.807) is 60.1 Å². The van der Waals surface area contributed by atoms with E-state index in [4.69, 9.17) is 9.47 Å². The number of methoxy groups -OCH3 is 2. The summed E-state index contributed by atoms with van der Waals surface area (Å²) in [6, 6.07) is 12.7. The summed E-state index contributed by atoms with van der Waals surface area (Å²) >= 11 is 0. The van der Waals surface area contributed by atoms with Gasteiger partial charge in [0.25, 0.3) is 5.91 Å². The lowest BCUT2D eigenvalue weighted by Crippen LogP contribution is -2.34. The molecule has 0 radical (unpaired) electrons. The molecule has 1 aromatic heterocycles. The molecule has 3 aromatic rings. The van der Waals surface area contributed by atoms with E-state index in [1.807, 2.05) is 0 Å². The van der Waals surface area contributed by atoms with Crippen molar-refractivity contribution in [1.29, 1.82) is 0 Å². The number of fused-ring (bicyclic) bond motifs is 1. The van der Waals surface area contributed by atoms with Crippen LogP contribution in [0.4, 0.5) is 0 Å². The first-order valence-corrected chi connectivity index (χ1v) is 8.26. The van der Waals surface area contributed by atoms with Gasteiger partial charge >= 0.3 is 5.97 Å². The number of hydrogen-bond acceptors (Lipinski definition) is 4. The molecule has 0 saturated carbocycles. The molecule has 2 aromatic carbocycles. The number of hydrogen-bond donors (Lipinski definition) is 2. The summed E-state index contributed by atoms with van der Waals surface area (Å²) in [5, 5.41) is 12.9. The Balaban J connectivity index is 1.97. The third kappa shape index (κ3) is 3.44. The van der Waals surface area contributed by atoms with Gasteiger partial charge in [0.15, 0.2) is 17.5 Å². The molecule has 0 aliphatic rings. The molecule has 2 N–H and O–H groups in total. The van der Waals surface area contributed by atoms with Crippen LogP contribution in [0.3, 0.4) is 0 Å². The van der Waals surface area contributed by atoms with Crippen molar-refractivity contribution >= 4 is 22.8 Å². The number of aryl methyl sites for hydroxylation is 1. The second-order valence-electron chi connectivity index (χ2n) is 6.01. The van der Waals surface area contributed by atoms with Crippen LogP contribution in [0, 0.1) is 0 Å². The van der Waals surface area contributed by atoms with E-state index < -0.39 is 17.9 Å². The molecule has 7 heteroatoms. The number of aromatic nitrogens is 1. The third-order valence-corrected chi connectivity index (χ3v) is 4.44. The summed E-state index contributed by atoms with van der Waals surface area (Å²) in [6.45, 7) is 0. The number of carbonyl (C=O) groups is 2. The van der Waals surface area contributed by atoms with Gasteiger partial charge in [-0.25, -0.2) is 4.79 Å². The molecule has 0 aliphatic heterocycles. The Hall–Kier alpha value is -3.48. The number of nitrogens with zero attached hydrogens (tertiary/aromatic N) is 1. The van der Waals surface area contributed by atoms with Crippen molar-refractivity contribution in [2.45, 2.75) is 6.04 Å². The molecule has 0 saturated heterocycles. The second-order valence-corrected chi connectivity index (χ2v) is 6.01. The summed E-state index contributed by atoms with van der Waals surface area (Å²) in [4.78, 5) is 24.4.